The standard InChI is InChI=1S/C13H15BrN2O/c1-2-16(8-9-17)13-11-4-3-5-12(14)10(11)6-7-15-13/h3-7,17H,2,8-9H2,1H3. The number of aliphatic hydroxyl groups is 1. The molecule has 2 aromatic rings. The number of aliphatic hydroxyl groups excluding tert-OH is 1. The third kappa shape index (κ3) is 2.42. The Hall–Kier alpha value is -1.13. The molecule has 2 rings (SSSR count). The summed E-state index contributed by atoms with van der Waals surface area (Å²) in [6.07, 6.45) is 1.81. The average Bonchev–Trinajstić information content (AvgIpc) is 2.36. The van der Waals surface area contributed by atoms with E-state index in [1.54, 1.807) is 0 Å². The molecule has 0 aliphatic heterocycles. The van der Waals surface area contributed by atoms with Gasteiger partial charge in [0.05, 0.1) is 6.61 Å². The predicted molar refractivity (Wildman–Crippen MR) is 74.4 cm³/mol. The number of anilines is 1. The normalized spacial score (nSPS) is 10.8. The fraction of sp³-hybridized carbons (Fsp3) is 0.308. The summed E-state index contributed by atoms with van der Waals surface area (Å²) in [4.78, 5) is 6.51. The molecule has 0 spiro atoms. The van der Waals surface area contributed by atoms with Crippen LogP contribution in [0.25, 0.3) is 10.8 Å². The van der Waals surface area contributed by atoms with E-state index in [1.807, 2.05) is 24.4 Å². The molecular formula is C13H15BrN2O. The molecule has 90 valence electrons. The highest BCUT2D eigenvalue weighted by molar-refractivity contribution is 9.10. The largest absolute Gasteiger partial charge is 0.395 e. The van der Waals surface area contributed by atoms with E-state index < -0.39 is 0 Å². The van der Waals surface area contributed by atoms with Crippen LogP contribution in [-0.2, 0) is 0 Å². The molecule has 0 bridgehead atoms. The minimum atomic E-state index is 0.139. The first-order valence-electron chi connectivity index (χ1n) is 5.67. The third-order valence-electron chi connectivity index (χ3n) is 2.78. The number of aromatic nitrogens is 1. The fourth-order valence-corrected chi connectivity index (χ4v) is 2.44. The van der Waals surface area contributed by atoms with E-state index in [1.165, 1.54) is 0 Å². The van der Waals surface area contributed by atoms with Gasteiger partial charge in [0.15, 0.2) is 0 Å². The second-order valence-corrected chi connectivity index (χ2v) is 4.63. The van der Waals surface area contributed by atoms with Crippen LogP contribution in [0.15, 0.2) is 34.9 Å². The van der Waals surface area contributed by atoms with Crippen molar-refractivity contribution in [3.05, 3.63) is 34.9 Å². The number of hydrogen-bond donors (Lipinski definition) is 1. The summed E-state index contributed by atoms with van der Waals surface area (Å²) in [6.45, 7) is 3.64. The molecule has 0 fully saturated rings. The van der Waals surface area contributed by atoms with E-state index in [4.69, 9.17) is 5.11 Å². The molecule has 0 aliphatic rings. The third-order valence-corrected chi connectivity index (χ3v) is 3.47. The number of halogens is 1. The number of benzene rings is 1. The molecule has 0 radical (unpaired) electrons. The SMILES string of the molecule is CCN(CCO)c1nccc2c(Br)cccc12. The zero-order valence-corrected chi connectivity index (χ0v) is 11.3. The lowest BCUT2D eigenvalue weighted by Crippen LogP contribution is -2.27. The molecule has 0 amide bonds. The van der Waals surface area contributed by atoms with Crippen molar-refractivity contribution in [2.24, 2.45) is 0 Å². The molecule has 17 heavy (non-hydrogen) atoms. The Balaban J connectivity index is 2.57. The lowest BCUT2D eigenvalue weighted by molar-refractivity contribution is 0.302. The summed E-state index contributed by atoms with van der Waals surface area (Å²) >= 11 is 3.55. The lowest BCUT2D eigenvalue weighted by atomic mass is 10.1. The molecule has 0 atom stereocenters. The molecule has 1 heterocycles. The van der Waals surface area contributed by atoms with E-state index in [2.05, 4.69) is 38.8 Å². The van der Waals surface area contributed by atoms with Crippen molar-refractivity contribution >= 4 is 32.5 Å². The number of hydrogen-bond acceptors (Lipinski definition) is 3. The van der Waals surface area contributed by atoms with Crippen molar-refractivity contribution < 1.29 is 5.11 Å². The smallest absolute Gasteiger partial charge is 0.136 e. The Bertz CT molecular complexity index is 516. The number of fused-ring (bicyclic) bond motifs is 1. The van der Waals surface area contributed by atoms with Gasteiger partial charge < -0.3 is 10.0 Å². The molecule has 4 heteroatoms. The average molecular weight is 295 g/mol. The van der Waals surface area contributed by atoms with Gasteiger partial charge in [0.25, 0.3) is 0 Å². The molecular weight excluding hydrogens is 280 g/mol. The van der Waals surface area contributed by atoms with Gasteiger partial charge in [-0.2, -0.15) is 0 Å². The summed E-state index contributed by atoms with van der Waals surface area (Å²) in [5, 5.41) is 11.3. The van der Waals surface area contributed by atoms with Crippen molar-refractivity contribution in [1.82, 2.24) is 4.98 Å². The van der Waals surface area contributed by atoms with Gasteiger partial charge in [0.1, 0.15) is 5.82 Å². The monoisotopic (exact) mass is 294 g/mol. The van der Waals surface area contributed by atoms with Gasteiger partial charge in [-0.3, -0.25) is 0 Å². The van der Waals surface area contributed by atoms with Crippen LogP contribution >= 0.6 is 15.9 Å². The van der Waals surface area contributed by atoms with Crippen LogP contribution in [0, 0.1) is 0 Å². The van der Waals surface area contributed by atoms with Crippen LogP contribution in [0.1, 0.15) is 6.92 Å². The maximum absolute atomic E-state index is 9.08. The van der Waals surface area contributed by atoms with Crippen molar-refractivity contribution in [2.75, 3.05) is 24.6 Å². The zero-order chi connectivity index (χ0) is 12.3. The van der Waals surface area contributed by atoms with Gasteiger partial charge in [-0.05, 0) is 19.1 Å². The Morgan fingerprint density at radius 3 is 2.82 bits per heavy atom. The molecule has 0 unspecified atom stereocenters. The highest BCUT2D eigenvalue weighted by Gasteiger charge is 2.10. The summed E-state index contributed by atoms with van der Waals surface area (Å²) in [5.41, 5.74) is 0. The summed E-state index contributed by atoms with van der Waals surface area (Å²) < 4.78 is 1.07. The van der Waals surface area contributed by atoms with Crippen LogP contribution in [0.5, 0.6) is 0 Å². The molecule has 1 aromatic heterocycles. The van der Waals surface area contributed by atoms with E-state index in [-0.39, 0.29) is 6.61 Å². The molecule has 0 saturated heterocycles. The van der Waals surface area contributed by atoms with Crippen LogP contribution < -0.4 is 4.90 Å². The Kier molecular flexibility index (Phi) is 3.97. The highest BCUT2D eigenvalue weighted by atomic mass is 79.9. The maximum Gasteiger partial charge on any atom is 0.136 e. The number of pyridine rings is 1. The first-order valence-corrected chi connectivity index (χ1v) is 6.46. The molecule has 0 saturated carbocycles. The van der Waals surface area contributed by atoms with Crippen molar-refractivity contribution in [1.29, 1.82) is 0 Å². The predicted octanol–water partition coefficient (Wildman–Crippen LogP) is 2.82. The van der Waals surface area contributed by atoms with Gasteiger partial charge in [-0.15, -0.1) is 0 Å². The second kappa shape index (κ2) is 5.47. The van der Waals surface area contributed by atoms with Crippen molar-refractivity contribution in [2.45, 2.75) is 6.92 Å². The lowest BCUT2D eigenvalue weighted by Gasteiger charge is -2.22. The minimum Gasteiger partial charge on any atom is -0.395 e. The van der Waals surface area contributed by atoms with E-state index in [0.717, 1.165) is 27.6 Å². The van der Waals surface area contributed by atoms with Crippen LogP contribution in [0.4, 0.5) is 5.82 Å². The molecule has 1 N–H and O–H groups in total. The van der Waals surface area contributed by atoms with Gasteiger partial charge in [0, 0.05) is 34.5 Å². The number of likely N-dealkylation sites (N-methyl/N-ethyl adjacent to an activating group) is 1. The minimum absolute atomic E-state index is 0.139. The zero-order valence-electron chi connectivity index (χ0n) is 9.73. The quantitative estimate of drug-likeness (QED) is 0.942. The van der Waals surface area contributed by atoms with Gasteiger partial charge in [-0.25, -0.2) is 4.98 Å². The number of rotatable bonds is 4. The highest BCUT2D eigenvalue weighted by Crippen LogP contribution is 2.29. The van der Waals surface area contributed by atoms with Crippen LogP contribution in [0.2, 0.25) is 0 Å². The Morgan fingerprint density at radius 2 is 2.12 bits per heavy atom. The summed E-state index contributed by atoms with van der Waals surface area (Å²) in [5.74, 6) is 0.931. The number of nitrogens with zero attached hydrogens (tertiary/aromatic N) is 2. The van der Waals surface area contributed by atoms with Crippen LogP contribution in [-0.4, -0.2) is 29.8 Å². The maximum atomic E-state index is 9.08. The molecule has 1 aromatic carbocycles. The fourth-order valence-electron chi connectivity index (χ4n) is 1.94. The Labute approximate surface area is 109 Å². The topological polar surface area (TPSA) is 36.4 Å². The molecule has 0 aliphatic carbocycles. The van der Waals surface area contributed by atoms with E-state index in [9.17, 15) is 0 Å². The van der Waals surface area contributed by atoms with Gasteiger partial charge >= 0.3 is 0 Å². The van der Waals surface area contributed by atoms with Gasteiger partial charge in [-0.1, -0.05) is 28.1 Å². The first kappa shape index (κ1) is 12.3. The van der Waals surface area contributed by atoms with Crippen molar-refractivity contribution in [3.8, 4) is 0 Å². The second-order valence-electron chi connectivity index (χ2n) is 3.77. The van der Waals surface area contributed by atoms with Gasteiger partial charge in [0.2, 0.25) is 0 Å². The summed E-state index contributed by atoms with van der Waals surface area (Å²) in [6, 6.07) is 8.08. The van der Waals surface area contributed by atoms with Crippen molar-refractivity contribution in [3.63, 3.8) is 0 Å². The summed E-state index contributed by atoms with van der Waals surface area (Å²) in [7, 11) is 0. The van der Waals surface area contributed by atoms with E-state index >= 15 is 0 Å². The molecule has 3 nitrogen and oxygen atoms in total. The van der Waals surface area contributed by atoms with E-state index in [0.29, 0.717) is 6.54 Å². The Morgan fingerprint density at radius 1 is 1.29 bits per heavy atom. The van der Waals surface area contributed by atoms with Crippen LogP contribution in [0.3, 0.4) is 0 Å². The first-order chi connectivity index (χ1) is 8.27.